The van der Waals surface area contributed by atoms with Gasteiger partial charge in [-0.3, -0.25) is 4.79 Å². The molecule has 0 saturated heterocycles. The Balaban J connectivity index is 1.87. The van der Waals surface area contributed by atoms with Crippen LogP contribution in [-0.4, -0.2) is 5.91 Å². The topological polar surface area (TPSA) is 52.9 Å². The molecule has 98 valence electrons. The lowest BCUT2D eigenvalue weighted by atomic mass is 10.1. The monoisotopic (exact) mass is 262 g/mol. The highest BCUT2D eigenvalue weighted by atomic mass is 16.1. The number of carbonyl (C=O) groups is 1. The molecule has 0 aliphatic carbocycles. The average molecular weight is 262 g/mol. The first-order valence-electron chi connectivity index (χ1n) is 6.28. The van der Waals surface area contributed by atoms with Gasteiger partial charge < -0.3 is 5.32 Å². The van der Waals surface area contributed by atoms with Crippen molar-refractivity contribution in [1.29, 1.82) is 5.26 Å². The van der Waals surface area contributed by atoms with E-state index in [4.69, 9.17) is 5.26 Å². The third-order valence-corrected chi connectivity index (χ3v) is 2.78. The van der Waals surface area contributed by atoms with Gasteiger partial charge in [-0.05, 0) is 29.3 Å². The lowest BCUT2D eigenvalue weighted by Crippen LogP contribution is -2.20. The van der Waals surface area contributed by atoms with Crippen molar-refractivity contribution >= 4 is 12.0 Å². The molecule has 0 heterocycles. The molecule has 0 bridgehead atoms. The highest BCUT2D eigenvalue weighted by Crippen LogP contribution is 2.05. The molecule has 0 unspecified atom stereocenters. The summed E-state index contributed by atoms with van der Waals surface area (Å²) in [4.78, 5) is 11.7. The third kappa shape index (κ3) is 4.11. The summed E-state index contributed by atoms with van der Waals surface area (Å²) in [6.07, 6.45) is 3.21. The highest BCUT2D eigenvalue weighted by molar-refractivity contribution is 5.91. The maximum atomic E-state index is 11.7. The van der Waals surface area contributed by atoms with Crippen LogP contribution in [0, 0.1) is 11.3 Å². The van der Waals surface area contributed by atoms with Crippen LogP contribution in [0.25, 0.3) is 6.08 Å². The molecule has 0 saturated carbocycles. The van der Waals surface area contributed by atoms with E-state index in [1.807, 2.05) is 30.3 Å². The lowest BCUT2D eigenvalue weighted by molar-refractivity contribution is -0.116. The van der Waals surface area contributed by atoms with E-state index in [9.17, 15) is 4.79 Å². The number of rotatable bonds is 4. The molecule has 3 heteroatoms. The van der Waals surface area contributed by atoms with Gasteiger partial charge in [0.2, 0.25) is 5.91 Å². The van der Waals surface area contributed by atoms with Gasteiger partial charge in [0.25, 0.3) is 0 Å². The van der Waals surface area contributed by atoms with Crippen molar-refractivity contribution in [3.63, 3.8) is 0 Å². The third-order valence-electron chi connectivity index (χ3n) is 2.78. The normalized spacial score (nSPS) is 10.2. The molecule has 0 atom stereocenters. The molecule has 0 spiro atoms. The molecule has 20 heavy (non-hydrogen) atoms. The first-order chi connectivity index (χ1) is 9.78. The molecule has 0 aliphatic rings. The Labute approximate surface area is 118 Å². The van der Waals surface area contributed by atoms with E-state index < -0.39 is 0 Å². The van der Waals surface area contributed by atoms with E-state index in [1.165, 1.54) is 6.08 Å². The van der Waals surface area contributed by atoms with Gasteiger partial charge in [-0.1, -0.05) is 42.5 Å². The zero-order valence-electron chi connectivity index (χ0n) is 10.9. The van der Waals surface area contributed by atoms with Gasteiger partial charge in [0.15, 0.2) is 0 Å². The molecule has 1 N–H and O–H groups in total. The number of benzene rings is 2. The summed E-state index contributed by atoms with van der Waals surface area (Å²) in [6.45, 7) is 0.511. The summed E-state index contributed by atoms with van der Waals surface area (Å²) in [5, 5.41) is 11.5. The molecule has 2 aromatic carbocycles. The first-order valence-corrected chi connectivity index (χ1v) is 6.28. The van der Waals surface area contributed by atoms with Crippen LogP contribution < -0.4 is 5.32 Å². The SMILES string of the molecule is N#Cc1ccc(/C=C/C(=O)NCc2ccccc2)cc1. The molecule has 0 aliphatic heterocycles. The Morgan fingerprint density at radius 2 is 1.80 bits per heavy atom. The van der Waals surface area contributed by atoms with Crippen molar-refractivity contribution in [2.24, 2.45) is 0 Å². The van der Waals surface area contributed by atoms with Crippen LogP contribution in [0.15, 0.2) is 60.7 Å². The van der Waals surface area contributed by atoms with Gasteiger partial charge >= 0.3 is 0 Å². The van der Waals surface area contributed by atoms with E-state index in [0.717, 1.165) is 11.1 Å². The van der Waals surface area contributed by atoms with E-state index in [2.05, 4.69) is 11.4 Å². The summed E-state index contributed by atoms with van der Waals surface area (Å²) in [5.41, 5.74) is 2.56. The number of hydrogen-bond acceptors (Lipinski definition) is 2. The van der Waals surface area contributed by atoms with Crippen LogP contribution in [0.5, 0.6) is 0 Å². The predicted octanol–water partition coefficient (Wildman–Crippen LogP) is 2.89. The second-order valence-corrected chi connectivity index (χ2v) is 4.27. The highest BCUT2D eigenvalue weighted by Gasteiger charge is 1.96. The van der Waals surface area contributed by atoms with Gasteiger partial charge in [0.05, 0.1) is 11.6 Å². The number of hydrogen-bond donors (Lipinski definition) is 1. The van der Waals surface area contributed by atoms with Crippen LogP contribution in [0.4, 0.5) is 0 Å². The quantitative estimate of drug-likeness (QED) is 0.861. The molecule has 0 radical (unpaired) electrons. The minimum absolute atomic E-state index is 0.141. The van der Waals surface area contributed by atoms with E-state index >= 15 is 0 Å². The number of nitrogens with zero attached hydrogens (tertiary/aromatic N) is 1. The predicted molar refractivity (Wildman–Crippen MR) is 78.5 cm³/mol. The van der Waals surface area contributed by atoms with Crippen LogP contribution in [-0.2, 0) is 11.3 Å². The number of carbonyl (C=O) groups excluding carboxylic acids is 1. The Bertz CT molecular complexity index is 637. The van der Waals surface area contributed by atoms with Gasteiger partial charge in [0, 0.05) is 12.6 Å². The fraction of sp³-hybridized carbons (Fsp3) is 0.0588. The molecule has 0 fully saturated rings. The van der Waals surface area contributed by atoms with Crippen molar-refractivity contribution in [3.05, 3.63) is 77.4 Å². The van der Waals surface area contributed by atoms with E-state index in [-0.39, 0.29) is 5.91 Å². The zero-order chi connectivity index (χ0) is 14.2. The molecule has 2 rings (SSSR count). The number of nitrogens with one attached hydrogen (secondary N) is 1. The van der Waals surface area contributed by atoms with Gasteiger partial charge in [-0.25, -0.2) is 0 Å². The van der Waals surface area contributed by atoms with Crippen LogP contribution in [0.2, 0.25) is 0 Å². The molecule has 1 amide bonds. The van der Waals surface area contributed by atoms with Gasteiger partial charge in [-0.2, -0.15) is 5.26 Å². The summed E-state index contributed by atoms with van der Waals surface area (Å²) >= 11 is 0. The second-order valence-electron chi connectivity index (χ2n) is 4.27. The summed E-state index contributed by atoms with van der Waals surface area (Å²) in [7, 11) is 0. The minimum Gasteiger partial charge on any atom is -0.348 e. The number of amides is 1. The fourth-order valence-electron chi connectivity index (χ4n) is 1.68. The van der Waals surface area contributed by atoms with Crippen LogP contribution in [0.3, 0.4) is 0 Å². The Hall–Kier alpha value is -2.86. The Morgan fingerprint density at radius 3 is 2.45 bits per heavy atom. The molecule has 0 aromatic heterocycles. The molecule has 3 nitrogen and oxygen atoms in total. The van der Waals surface area contributed by atoms with Crippen LogP contribution in [0.1, 0.15) is 16.7 Å². The van der Waals surface area contributed by atoms with Crippen molar-refractivity contribution in [1.82, 2.24) is 5.32 Å². The Morgan fingerprint density at radius 1 is 1.10 bits per heavy atom. The zero-order valence-corrected chi connectivity index (χ0v) is 10.9. The van der Waals surface area contributed by atoms with Crippen molar-refractivity contribution in [2.75, 3.05) is 0 Å². The van der Waals surface area contributed by atoms with Gasteiger partial charge in [-0.15, -0.1) is 0 Å². The Kier molecular flexibility index (Phi) is 4.69. The summed E-state index contributed by atoms with van der Waals surface area (Å²) in [6, 6.07) is 18.9. The van der Waals surface area contributed by atoms with Gasteiger partial charge in [0.1, 0.15) is 0 Å². The first kappa shape index (κ1) is 13.6. The van der Waals surface area contributed by atoms with Crippen molar-refractivity contribution < 1.29 is 4.79 Å². The van der Waals surface area contributed by atoms with Crippen molar-refractivity contribution in [2.45, 2.75) is 6.54 Å². The fourth-order valence-corrected chi connectivity index (χ4v) is 1.68. The smallest absolute Gasteiger partial charge is 0.244 e. The lowest BCUT2D eigenvalue weighted by Gasteiger charge is -2.01. The minimum atomic E-state index is -0.141. The maximum absolute atomic E-state index is 11.7. The maximum Gasteiger partial charge on any atom is 0.244 e. The summed E-state index contributed by atoms with van der Waals surface area (Å²) < 4.78 is 0. The molecular formula is C17H14N2O. The average Bonchev–Trinajstić information content (AvgIpc) is 2.52. The summed E-state index contributed by atoms with van der Waals surface area (Å²) in [5.74, 6) is -0.141. The van der Waals surface area contributed by atoms with Crippen molar-refractivity contribution in [3.8, 4) is 6.07 Å². The number of nitriles is 1. The standard InChI is InChI=1S/C17H14N2O/c18-12-15-8-6-14(7-9-15)10-11-17(20)19-13-16-4-2-1-3-5-16/h1-11H,13H2,(H,19,20)/b11-10+. The molecule has 2 aromatic rings. The van der Waals surface area contributed by atoms with E-state index in [1.54, 1.807) is 30.3 Å². The van der Waals surface area contributed by atoms with E-state index in [0.29, 0.717) is 12.1 Å². The van der Waals surface area contributed by atoms with Crippen LogP contribution >= 0.6 is 0 Å². The second kappa shape index (κ2) is 6.91. The largest absolute Gasteiger partial charge is 0.348 e. The molecular weight excluding hydrogens is 248 g/mol.